The average Bonchev–Trinajstić information content (AvgIpc) is 4.45. The van der Waals surface area contributed by atoms with Crippen LogP contribution in [0.3, 0.4) is 0 Å². The predicted octanol–water partition coefficient (Wildman–Crippen LogP) is 3.92. The second-order valence-corrected chi connectivity index (χ2v) is 21.4. The van der Waals surface area contributed by atoms with E-state index in [-0.39, 0.29) is 222 Å². The molecular weight excluding hydrogens is 1150 g/mol. The number of rotatable bonds is 55. The van der Waals surface area contributed by atoms with E-state index >= 15 is 0 Å². The molecule has 3 aliphatic heterocycles. The number of aliphatic hydroxyl groups excluding tert-OH is 1. The van der Waals surface area contributed by atoms with E-state index in [1.54, 1.807) is 0 Å². The molecule has 3 heterocycles. The molecule has 490 valence electrons. The molecule has 3 rings (SSSR count). The molecule has 0 aromatic carbocycles. The van der Waals surface area contributed by atoms with Gasteiger partial charge in [0.2, 0.25) is 0 Å². The first-order valence-electron chi connectivity index (χ1n) is 30.2. The first-order valence-corrected chi connectivity index (χ1v) is 30.2. The van der Waals surface area contributed by atoms with Crippen molar-refractivity contribution in [2.75, 3.05) is 86.4 Å². The summed E-state index contributed by atoms with van der Waals surface area (Å²) < 4.78 is 62.3. The van der Waals surface area contributed by atoms with Crippen molar-refractivity contribution < 1.29 is 129 Å². The van der Waals surface area contributed by atoms with Crippen LogP contribution in [-0.2, 0) is 124 Å². The molecule has 3 fully saturated rings. The summed E-state index contributed by atoms with van der Waals surface area (Å²) in [4.78, 5) is 170. The number of hydrogen-bond acceptors (Lipinski definition) is 27. The Kier molecular flexibility index (Phi) is 38.4. The van der Waals surface area contributed by atoms with Crippen molar-refractivity contribution in [2.45, 2.75) is 192 Å². The number of carbonyl (C=O) groups is 14. The Morgan fingerprint density at radius 3 is 0.885 bits per heavy atom. The van der Waals surface area contributed by atoms with Gasteiger partial charge < -0.3 is 61.9 Å². The van der Waals surface area contributed by atoms with E-state index in [2.05, 4.69) is 0 Å². The van der Waals surface area contributed by atoms with Crippen LogP contribution >= 0.6 is 0 Å². The maximum Gasteiger partial charge on any atom is 0.309 e. The van der Waals surface area contributed by atoms with Crippen LogP contribution in [0.1, 0.15) is 173 Å². The van der Waals surface area contributed by atoms with E-state index in [0.29, 0.717) is 90.4 Å². The summed E-state index contributed by atoms with van der Waals surface area (Å²) in [5.41, 5.74) is 0. The van der Waals surface area contributed by atoms with Gasteiger partial charge in [0.05, 0.1) is 148 Å². The van der Waals surface area contributed by atoms with Crippen molar-refractivity contribution in [3.63, 3.8) is 0 Å². The molecule has 6 atom stereocenters. The van der Waals surface area contributed by atoms with E-state index in [0.717, 1.165) is 0 Å². The van der Waals surface area contributed by atoms with Crippen molar-refractivity contribution in [2.24, 2.45) is 17.8 Å². The maximum atomic E-state index is 13.1. The predicted molar refractivity (Wildman–Crippen MR) is 296 cm³/mol. The minimum Gasteiger partial charge on any atom is -0.469 e. The van der Waals surface area contributed by atoms with Crippen LogP contribution in [0.5, 0.6) is 0 Å². The van der Waals surface area contributed by atoms with Gasteiger partial charge >= 0.3 is 53.7 Å². The van der Waals surface area contributed by atoms with Crippen LogP contribution in [-0.4, -0.2) is 192 Å². The fourth-order valence-corrected chi connectivity index (χ4v) is 8.55. The Balaban J connectivity index is 1.11. The highest BCUT2D eigenvalue weighted by molar-refractivity contribution is 5.86. The molecule has 6 unspecified atom stereocenters. The van der Waals surface area contributed by atoms with Gasteiger partial charge in [0.15, 0.2) is 0 Å². The Bertz CT molecular complexity index is 2230. The van der Waals surface area contributed by atoms with Gasteiger partial charge in [-0.3, -0.25) is 67.1 Å². The molecule has 0 saturated carbocycles. The van der Waals surface area contributed by atoms with Crippen molar-refractivity contribution >= 4 is 82.6 Å². The second kappa shape index (κ2) is 44.8. The van der Waals surface area contributed by atoms with E-state index < -0.39 is 59.2 Å². The summed E-state index contributed by atoms with van der Waals surface area (Å²) in [6, 6.07) is 0. The third-order valence-corrected chi connectivity index (χ3v) is 13.9. The van der Waals surface area contributed by atoms with Crippen LogP contribution in [0.15, 0.2) is 0 Å². The zero-order valence-corrected chi connectivity index (χ0v) is 50.1. The first-order chi connectivity index (χ1) is 41.8. The normalized spacial score (nSPS) is 16.3. The van der Waals surface area contributed by atoms with Crippen molar-refractivity contribution in [3.05, 3.63) is 0 Å². The summed E-state index contributed by atoms with van der Waals surface area (Å²) in [5.74, 6) is -7.96. The number of esters is 9. The summed E-state index contributed by atoms with van der Waals surface area (Å²) in [5, 5.41) is 8.70. The smallest absolute Gasteiger partial charge is 0.309 e. The third kappa shape index (κ3) is 39.8. The second-order valence-electron chi connectivity index (χ2n) is 21.4. The van der Waals surface area contributed by atoms with E-state index in [4.69, 9.17) is 61.9 Å². The van der Waals surface area contributed by atoms with Gasteiger partial charge in [-0.25, -0.2) is 0 Å². The number of aliphatic hydroxyl groups is 1. The van der Waals surface area contributed by atoms with E-state index in [1.807, 2.05) is 0 Å². The zero-order valence-electron chi connectivity index (χ0n) is 50.1. The van der Waals surface area contributed by atoms with Crippen molar-refractivity contribution in [3.8, 4) is 0 Å². The number of ether oxygens (including phenoxy) is 12. The van der Waals surface area contributed by atoms with Gasteiger partial charge in [0, 0.05) is 77.2 Å². The number of carbonyl (C=O) groups excluding carboxylic acids is 14. The summed E-state index contributed by atoms with van der Waals surface area (Å²) in [6.45, 7) is 0.824. The van der Waals surface area contributed by atoms with Crippen molar-refractivity contribution in [1.82, 2.24) is 0 Å². The van der Waals surface area contributed by atoms with Crippen LogP contribution < -0.4 is 0 Å². The molecule has 27 nitrogen and oxygen atoms in total. The van der Waals surface area contributed by atoms with Crippen LogP contribution in [0.4, 0.5) is 0 Å². The minimum atomic E-state index is -0.741. The van der Waals surface area contributed by atoms with Crippen LogP contribution in [0.25, 0.3) is 0 Å². The fraction of sp³-hybridized carbons (Fsp3) is 0.767. The molecule has 0 amide bonds. The quantitative estimate of drug-likeness (QED) is 0.0390. The van der Waals surface area contributed by atoms with Gasteiger partial charge in [-0.05, 0) is 70.6 Å². The minimum absolute atomic E-state index is 0.00894. The van der Waals surface area contributed by atoms with Crippen LogP contribution in [0.2, 0.25) is 0 Å². The van der Waals surface area contributed by atoms with Gasteiger partial charge in [0.25, 0.3) is 0 Å². The summed E-state index contributed by atoms with van der Waals surface area (Å²) in [7, 11) is 1.35. The number of epoxide rings is 3. The highest BCUT2D eigenvalue weighted by Gasteiger charge is 2.34. The molecule has 0 spiro atoms. The topological polar surface area (TPSA) is 380 Å². The third-order valence-electron chi connectivity index (χ3n) is 13.9. The number of ketones is 5. The molecule has 3 saturated heterocycles. The first kappa shape index (κ1) is 74.7. The van der Waals surface area contributed by atoms with E-state index in [9.17, 15) is 67.1 Å². The Labute approximate surface area is 506 Å². The van der Waals surface area contributed by atoms with Crippen LogP contribution in [0, 0.1) is 17.8 Å². The van der Waals surface area contributed by atoms with Gasteiger partial charge in [-0.15, -0.1) is 0 Å². The summed E-state index contributed by atoms with van der Waals surface area (Å²) in [6.07, 6.45) is 2.41. The SMILES string of the molecule is COC(=O)C(CCCOC(=O)C(CCCOC(=O)C(CCCOC(=O)CCCCOC(=O)CCC(=O)CCOC(=O)CCC(=O)CCOC(=O)CCC(=O)CCOC(=O)CCC(=O)CCOC(=O)CCC(=O)CCO)CC1CO1)CC1CO1)CC1CO1. The summed E-state index contributed by atoms with van der Waals surface area (Å²) >= 11 is 0. The lowest BCUT2D eigenvalue weighted by Gasteiger charge is -2.18. The highest BCUT2D eigenvalue weighted by atomic mass is 16.6. The standard InChI is InChI=1S/C60H88O27/c1-76-58(73)41(35-49-38-85-49)7-5-29-83-60(75)43(37-51-40-87-51)9-6-30-84-59(74)42(36-50-39-86-50)8-4-28-78-52(67)10-2-3-27-77-53(68)17-12-45(63)22-32-80-55(70)19-14-47(65)24-34-82-57(72)20-15-48(66)25-33-81-56(71)18-13-46(64)23-31-79-54(69)16-11-44(62)21-26-61/h41-43,49-51,61H,2-40H2,1H3. The molecule has 27 heteroatoms. The largest absolute Gasteiger partial charge is 0.469 e. The molecule has 3 aliphatic rings. The van der Waals surface area contributed by atoms with Crippen molar-refractivity contribution in [1.29, 1.82) is 0 Å². The molecule has 0 aliphatic carbocycles. The maximum absolute atomic E-state index is 13.1. The molecule has 0 radical (unpaired) electrons. The van der Waals surface area contributed by atoms with Gasteiger partial charge in [-0.2, -0.15) is 0 Å². The van der Waals surface area contributed by atoms with Gasteiger partial charge in [-0.1, -0.05) is 0 Å². The molecule has 87 heavy (non-hydrogen) atoms. The number of Topliss-reactive ketones (excluding diaryl/α,β-unsaturated/α-hetero) is 5. The Hall–Kier alpha value is -6.58. The fourth-order valence-electron chi connectivity index (χ4n) is 8.55. The molecule has 0 bridgehead atoms. The monoisotopic (exact) mass is 1240 g/mol. The zero-order chi connectivity index (χ0) is 63.6. The lowest BCUT2D eigenvalue weighted by Crippen LogP contribution is -2.23. The lowest BCUT2D eigenvalue weighted by molar-refractivity contribution is -0.151. The number of unbranched alkanes of at least 4 members (excludes halogenated alkanes) is 1. The number of methoxy groups -OCH3 is 1. The molecule has 1 N–H and O–H groups in total. The van der Waals surface area contributed by atoms with E-state index in [1.165, 1.54) is 7.11 Å². The highest BCUT2D eigenvalue weighted by Crippen LogP contribution is 2.28. The number of hydrogen-bond donors (Lipinski definition) is 1. The molecular formula is C60H88O27. The molecule has 0 aromatic rings. The Morgan fingerprint density at radius 1 is 0.322 bits per heavy atom. The molecule has 0 aromatic heterocycles. The lowest BCUT2D eigenvalue weighted by atomic mass is 9.97. The average molecular weight is 1240 g/mol. The van der Waals surface area contributed by atoms with Gasteiger partial charge in [0.1, 0.15) is 28.9 Å². The Morgan fingerprint density at radius 2 is 0.586 bits per heavy atom.